The molecule has 2 aromatic rings. The van der Waals surface area contributed by atoms with E-state index < -0.39 is 0 Å². The molecule has 0 aliphatic rings. The molecule has 2 rings (SSSR count). The summed E-state index contributed by atoms with van der Waals surface area (Å²) >= 11 is 6.30. The van der Waals surface area contributed by atoms with Crippen molar-refractivity contribution < 1.29 is 0 Å². The van der Waals surface area contributed by atoms with E-state index in [-0.39, 0.29) is 0 Å². The van der Waals surface area contributed by atoms with E-state index in [4.69, 9.17) is 16.7 Å². The summed E-state index contributed by atoms with van der Waals surface area (Å²) in [6, 6.07) is 8.32. The molecule has 1 N–H and O–H groups in total. The molecule has 0 radical (unpaired) electrons. The van der Waals surface area contributed by atoms with Gasteiger partial charge in [0.15, 0.2) is 0 Å². The Balaban J connectivity index is 2.36. The number of benzene rings is 1. The second-order valence-electron chi connectivity index (χ2n) is 5.91. The number of hydrogen-bond donors (Lipinski definition) is 1. The highest BCUT2D eigenvalue weighted by Gasteiger charge is 2.19. The lowest BCUT2D eigenvalue weighted by molar-refractivity contribution is 0.546. The van der Waals surface area contributed by atoms with Crippen LogP contribution in [-0.2, 0) is 0 Å². The van der Waals surface area contributed by atoms with Gasteiger partial charge in [-0.3, -0.25) is 0 Å². The maximum absolute atomic E-state index is 6.30. The molecular formula is C17H24ClN3. The molecule has 0 amide bonds. The van der Waals surface area contributed by atoms with Crippen LogP contribution in [0.2, 0.25) is 5.02 Å². The van der Waals surface area contributed by atoms with Crippen molar-refractivity contribution in [1.29, 1.82) is 0 Å². The van der Waals surface area contributed by atoms with Crippen molar-refractivity contribution in [3.05, 3.63) is 46.2 Å². The predicted molar refractivity (Wildman–Crippen MR) is 89.6 cm³/mol. The second-order valence-corrected chi connectivity index (χ2v) is 6.32. The molecule has 0 spiro atoms. The van der Waals surface area contributed by atoms with Gasteiger partial charge < -0.3 is 5.32 Å². The van der Waals surface area contributed by atoms with Crippen LogP contribution in [0.3, 0.4) is 0 Å². The summed E-state index contributed by atoms with van der Waals surface area (Å²) in [7, 11) is 0. The van der Waals surface area contributed by atoms with Crippen LogP contribution < -0.4 is 5.32 Å². The van der Waals surface area contributed by atoms with E-state index >= 15 is 0 Å². The largest absolute Gasteiger partial charge is 0.314 e. The fourth-order valence-corrected chi connectivity index (χ4v) is 2.96. The molecule has 1 atom stereocenters. The molecule has 1 aromatic carbocycles. The molecule has 0 aliphatic carbocycles. The third-order valence-corrected chi connectivity index (χ3v) is 4.07. The maximum Gasteiger partial charge on any atom is 0.0835 e. The summed E-state index contributed by atoms with van der Waals surface area (Å²) in [6.45, 7) is 11.7. The Labute approximate surface area is 132 Å². The maximum atomic E-state index is 6.30. The molecular weight excluding hydrogens is 282 g/mol. The molecule has 3 nitrogen and oxygen atoms in total. The minimum Gasteiger partial charge on any atom is -0.314 e. The van der Waals surface area contributed by atoms with Gasteiger partial charge in [0.25, 0.3) is 0 Å². The Morgan fingerprint density at radius 3 is 2.48 bits per heavy atom. The molecule has 0 saturated heterocycles. The molecule has 0 fully saturated rings. The minimum absolute atomic E-state index is 0.420. The fraction of sp³-hybridized carbons (Fsp3) is 0.471. The van der Waals surface area contributed by atoms with Crippen LogP contribution in [0, 0.1) is 13.8 Å². The molecule has 0 aliphatic heterocycles. The van der Waals surface area contributed by atoms with Crippen LogP contribution in [-0.4, -0.2) is 22.4 Å². The average molecular weight is 306 g/mol. The zero-order valence-corrected chi connectivity index (χ0v) is 14.2. The van der Waals surface area contributed by atoms with Crippen molar-refractivity contribution in [3.63, 3.8) is 0 Å². The van der Waals surface area contributed by atoms with Crippen LogP contribution in [0.25, 0.3) is 5.69 Å². The lowest BCUT2D eigenvalue weighted by atomic mass is 9.99. The molecule has 1 aromatic heterocycles. The van der Waals surface area contributed by atoms with Gasteiger partial charge in [-0.1, -0.05) is 44.5 Å². The lowest BCUT2D eigenvalue weighted by Gasteiger charge is -2.16. The van der Waals surface area contributed by atoms with Crippen molar-refractivity contribution in [2.24, 2.45) is 0 Å². The first kappa shape index (κ1) is 16.1. The van der Waals surface area contributed by atoms with Crippen LogP contribution in [0.5, 0.6) is 0 Å². The molecule has 0 bridgehead atoms. The Kier molecular flexibility index (Phi) is 5.07. The standard InChI is InChI=1S/C17H24ClN3/c1-11(2)19-10-12(3)17-13(4)20-21(14(17)5)16-9-7-6-8-15(16)18/h6-9,11-12,19H,10H2,1-5H3. The Hall–Kier alpha value is -1.32. The first-order valence-corrected chi connectivity index (χ1v) is 7.84. The molecule has 114 valence electrons. The van der Waals surface area contributed by atoms with E-state index in [2.05, 4.69) is 39.9 Å². The van der Waals surface area contributed by atoms with Gasteiger partial charge in [-0.25, -0.2) is 4.68 Å². The average Bonchev–Trinajstić information content (AvgIpc) is 2.72. The number of hydrogen-bond acceptors (Lipinski definition) is 2. The van der Waals surface area contributed by atoms with Gasteiger partial charge in [0.1, 0.15) is 0 Å². The fourth-order valence-electron chi connectivity index (χ4n) is 2.74. The van der Waals surface area contributed by atoms with Gasteiger partial charge in [0.2, 0.25) is 0 Å². The van der Waals surface area contributed by atoms with Crippen molar-refractivity contribution in [3.8, 4) is 5.69 Å². The highest BCUT2D eigenvalue weighted by atomic mass is 35.5. The Bertz CT molecular complexity index is 616. The topological polar surface area (TPSA) is 29.9 Å². The summed E-state index contributed by atoms with van der Waals surface area (Å²) < 4.78 is 1.96. The summed E-state index contributed by atoms with van der Waals surface area (Å²) in [5.74, 6) is 0.420. The van der Waals surface area contributed by atoms with E-state index in [0.29, 0.717) is 12.0 Å². The van der Waals surface area contributed by atoms with E-state index in [1.165, 1.54) is 11.3 Å². The van der Waals surface area contributed by atoms with E-state index in [0.717, 1.165) is 22.9 Å². The van der Waals surface area contributed by atoms with Crippen molar-refractivity contribution in [1.82, 2.24) is 15.1 Å². The summed E-state index contributed by atoms with van der Waals surface area (Å²) in [4.78, 5) is 0. The summed E-state index contributed by atoms with van der Waals surface area (Å²) in [5, 5.41) is 8.91. The second kappa shape index (κ2) is 6.63. The highest BCUT2D eigenvalue weighted by Crippen LogP contribution is 2.27. The first-order valence-electron chi connectivity index (χ1n) is 7.46. The number of rotatable bonds is 5. The van der Waals surface area contributed by atoms with Gasteiger partial charge in [0.05, 0.1) is 16.4 Å². The molecule has 1 unspecified atom stereocenters. The van der Waals surface area contributed by atoms with Crippen LogP contribution in [0.4, 0.5) is 0 Å². The van der Waals surface area contributed by atoms with Crippen LogP contribution in [0.15, 0.2) is 24.3 Å². The van der Waals surface area contributed by atoms with Crippen molar-refractivity contribution in [2.45, 2.75) is 46.6 Å². The monoisotopic (exact) mass is 305 g/mol. The van der Waals surface area contributed by atoms with Gasteiger partial charge >= 0.3 is 0 Å². The number of para-hydroxylation sites is 1. The van der Waals surface area contributed by atoms with Gasteiger partial charge in [0, 0.05) is 23.8 Å². The first-order chi connectivity index (χ1) is 9.91. The van der Waals surface area contributed by atoms with Crippen LogP contribution >= 0.6 is 11.6 Å². The molecule has 0 saturated carbocycles. The SMILES string of the molecule is Cc1nn(-c2ccccc2Cl)c(C)c1C(C)CNC(C)C. The Morgan fingerprint density at radius 1 is 1.19 bits per heavy atom. The van der Waals surface area contributed by atoms with Crippen molar-refractivity contribution in [2.75, 3.05) is 6.54 Å². The number of halogens is 1. The molecule has 21 heavy (non-hydrogen) atoms. The smallest absolute Gasteiger partial charge is 0.0835 e. The van der Waals surface area contributed by atoms with Crippen LogP contribution in [0.1, 0.15) is 43.6 Å². The number of aryl methyl sites for hydroxylation is 1. The minimum atomic E-state index is 0.420. The van der Waals surface area contributed by atoms with Crippen molar-refractivity contribution >= 4 is 11.6 Å². The lowest BCUT2D eigenvalue weighted by Crippen LogP contribution is -2.27. The van der Waals surface area contributed by atoms with E-state index in [1.54, 1.807) is 0 Å². The molecule has 4 heteroatoms. The highest BCUT2D eigenvalue weighted by molar-refractivity contribution is 6.32. The quantitative estimate of drug-likeness (QED) is 0.895. The van der Waals surface area contributed by atoms with E-state index in [1.807, 2.05) is 28.9 Å². The summed E-state index contributed by atoms with van der Waals surface area (Å²) in [5.41, 5.74) is 4.49. The number of nitrogens with one attached hydrogen (secondary N) is 1. The van der Waals surface area contributed by atoms with Gasteiger partial charge in [-0.15, -0.1) is 0 Å². The van der Waals surface area contributed by atoms with Gasteiger partial charge in [-0.05, 0) is 31.9 Å². The predicted octanol–water partition coefficient (Wildman–Crippen LogP) is 4.24. The zero-order chi connectivity index (χ0) is 15.6. The normalized spacial score (nSPS) is 12.9. The zero-order valence-electron chi connectivity index (χ0n) is 13.4. The Morgan fingerprint density at radius 2 is 1.86 bits per heavy atom. The van der Waals surface area contributed by atoms with Gasteiger partial charge in [-0.2, -0.15) is 5.10 Å². The third kappa shape index (κ3) is 3.47. The number of nitrogens with zero attached hydrogens (tertiary/aromatic N) is 2. The number of aromatic nitrogens is 2. The summed E-state index contributed by atoms with van der Waals surface area (Å²) in [6.07, 6.45) is 0. The van der Waals surface area contributed by atoms with E-state index in [9.17, 15) is 0 Å². The molecule has 1 heterocycles. The third-order valence-electron chi connectivity index (χ3n) is 3.75.